The number of piperazine rings is 1. The van der Waals surface area contributed by atoms with E-state index in [1.165, 1.54) is 0 Å². The molecular formula is C17H24N2O2. The van der Waals surface area contributed by atoms with Gasteiger partial charge in [-0.2, -0.15) is 0 Å². The van der Waals surface area contributed by atoms with Gasteiger partial charge in [-0.15, -0.1) is 0 Å². The molecule has 0 spiro atoms. The van der Waals surface area contributed by atoms with E-state index in [4.69, 9.17) is 4.74 Å². The number of hydrogen-bond donors (Lipinski definition) is 0. The van der Waals surface area contributed by atoms with E-state index >= 15 is 0 Å². The first-order chi connectivity index (χ1) is 10.2. The number of ether oxygens (including phenoxy) is 1. The second-order valence-electron chi connectivity index (χ2n) is 6.23. The van der Waals surface area contributed by atoms with Gasteiger partial charge in [-0.3, -0.25) is 4.79 Å². The fourth-order valence-electron chi connectivity index (χ4n) is 3.34. The average molecular weight is 288 g/mol. The molecule has 0 N–H and O–H groups in total. The average Bonchev–Trinajstić information content (AvgIpc) is 2.52. The van der Waals surface area contributed by atoms with Crippen LogP contribution in [0.3, 0.4) is 0 Å². The lowest BCUT2D eigenvalue weighted by Crippen LogP contribution is -2.47. The van der Waals surface area contributed by atoms with Gasteiger partial charge >= 0.3 is 0 Å². The number of carbonyl (C=O) groups excluding carboxylic acids is 1. The van der Waals surface area contributed by atoms with Crippen LogP contribution in [-0.4, -0.2) is 62.5 Å². The Balaban J connectivity index is 1.68. The molecule has 4 heteroatoms. The van der Waals surface area contributed by atoms with E-state index in [2.05, 4.69) is 16.8 Å². The van der Waals surface area contributed by atoms with Crippen molar-refractivity contribution in [2.45, 2.75) is 12.8 Å². The number of benzene rings is 1. The molecule has 1 aromatic rings. The predicted octanol–water partition coefficient (Wildman–Crippen LogP) is 1.69. The lowest BCUT2D eigenvalue weighted by Gasteiger charge is -2.35. The van der Waals surface area contributed by atoms with Crippen molar-refractivity contribution in [2.75, 3.05) is 46.9 Å². The molecule has 0 bridgehead atoms. The second kappa shape index (κ2) is 6.16. The summed E-state index contributed by atoms with van der Waals surface area (Å²) in [5.41, 5.74) is 2.05. The van der Waals surface area contributed by atoms with Crippen molar-refractivity contribution in [3.63, 3.8) is 0 Å². The molecule has 1 aliphatic carbocycles. The SMILES string of the molecule is COc1ccc2c(c1)CCC(CN1CCN(C)CC1)C2=O. The van der Waals surface area contributed by atoms with Crippen LogP contribution in [-0.2, 0) is 6.42 Å². The molecule has 0 amide bonds. The summed E-state index contributed by atoms with van der Waals surface area (Å²) < 4.78 is 5.25. The second-order valence-corrected chi connectivity index (χ2v) is 6.23. The zero-order chi connectivity index (χ0) is 14.8. The van der Waals surface area contributed by atoms with E-state index < -0.39 is 0 Å². The zero-order valence-corrected chi connectivity index (χ0v) is 13.0. The molecule has 0 aromatic heterocycles. The number of likely N-dealkylation sites (N-methyl/N-ethyl adjacent to an activating group) is 1. The molecule has 3 rings (SSSR count). The van der Waals surface area contributed by atoms with Crippen molar-refractivity contribution >= 4 is 5.78 Å². The number of fused-ring (bicyclic) bond motifs is 1. The molecule has 0 radical (unpaired) electrons. The standard InChI is InChI=1S/C17H24N2O2/c1-18-7-9-19(10-8-18)12-14-4-3-13-11-15(21-2)5-6-16(13)17(14)20/h5-6,11,14H,3-4,7-10,12H2,1-2H3. The number of rotatable bonds is 3. The third-order valence-electron chi connectivity index (χ3n) is 4.79. The quantitative estimate of drug-likeness (QED) is 0.847. The summed E-state index contributed by atoms with van der Waals surface area (Å²) in [5.74, 6) is 1.33. The molecule has 1 aliphatic heterocycles. The Kier molecular flexibility index (Phi) is 4.27. The lowest BCUT2D eigenvalue weighted by atomic mass is 9.82. The maximum absolute atomic E-state index is 12.7. The van der Waals surface area contributed by atoms with Gasteiger partial charge in [0.25, 0.3) is 0 Å². The smallest absolute Gasteiger partial charge is 0.167 e. The number of Topliss-reactive ketones (excluding diaryl/α,β-unsaturated/α-hetero) is 1. The Hall–Kier alpha value is -1.39. The van der Waals surface area contributed by atoms with E-state index in [9.17, 15) is 4.79 Å². The molecule has 114 valence electrons. The number of carbonyl (C=O) groups is 1. The molecule has 1 aromatic carbocycles. The van der Waals surface area contributed by atoms with Crippen LogP contribution in [0.5, 0.6) is 5.75 Å². The minimum atomic E-state index is 0.161. The Morgan fingerprint density at radius 2 is 2.00 bits per heavy atom. The molecule has 1 fully saturated rings. The predicted molar refractivity (Wildman–Crippen MR) is 83.1 cm³/mol. The minimum Gasteiger partial charge on any atom is -0.497 e. The zero-order valence-electron chi connectivity index (χ0n) is 13.0. The van der Waals surface area contributed by atoms with E-state index in [1.807, 2.05) is 18.2 Å². The van der Waals surface area contributed by atoms with Crippen molar-refractivity contribution in [1.82, 2.24) is 9.80 Å². The van der Waals surface area contributed by atoms with Gasteiger partial charge in [0.1, 0.15) is 5.75 Å². The van der Waals surface area contributed by atoms with Crippen molar-refractivity contribution in [2.24, 2.45) is 5.92 Å². The minimum absolute atomic E-state index is 0.161. The molecule has 1 unspecified atom stereocenters. The number of hydrogen-bond acceptors (Lipinski definition) is 4. The fraction of sp³-hybridized carbons (Fsp3) is 0.588. The Bertz CT molecular complexity index is 522. The molecule has 0 saturated carbocycles. The van der Waals surface area contributed by atoms with E-state index in [-0.39, 0.29) is 5.92 Å². The van der Waals surface area contributed by atoms with Gasteiger partial charge in [0.2, 0.25) is 0 Å². The van der Waals surface area contributed by atoms with Crippen LogP contribution in [0.1, 0.15) is 22.3 Å². The summed E-state index contributed by atoms with van der Waals surface area (Å²) in [7, 11) is 3.83. The van der Waals surface area contributed by atoms with Crippen LogP contribution in [0.25, 0.3) is 0 Å². The molecule has 4 nitrogen and oxygen atoms in total. The van der Waals surface area contributed by atoms with Crippen LogP contribution in [0.15, 0.2) is 18.2 Å². The summed E-state index contributed by atoms with van der Waals surface area (Å²) in [5, 5.41) is 0. The van der Waals surface area contributed by atoms with E-state index in [0.29, 0.717) is 5.78 Å². The highest BCUT2D eigenvalue weighted by molar-refractivity contribution is 6.00. The topological polar surface area (TPSA) is 32.8 Å². The maximum Gasteiger partial charge on any atom is 0.167 e. The molecule has 21 heavy (non-hydrogen) atoms. The molecule has 1 atom stereocenters. The Labute approximate surface area is 126 Å². The van der Waals surface area contributed by atoms with Crippen molar-refractivity contribution < 1.29 is 9.53 Å². The summed E-state index contributed by atoms with van der Waals surface area (Å²) in [6.45, 7) is 5.28. The third kappa shape index (κ3) is 3.11. The third-order valence-corrected chi connectivity index (χ3v) is 4.79. The Morgan fingerprint density at radius 3 is 2.71 bits per heavy atom. The maximum atomic E-state index is 12.7. The Morgan fingerprint density at radius 1 is 1.24 bits per heavy atom. The first kappa shape index (κ1) is 14.5. The van der Waals surface area contributed by atoms with Crippen LogP contribution < -0.4 is 4.74 Å². The highest BCUT2D eigenvalue weighted by atomic mass is 16.5. The molecule has 1 saturated heterocycles. The number of aryl methyl sites for hydroxylation is 1. The monoisotopic (exact) mass is 288 g/mol. The first-order valence-electron chi connectivity index (χ1n) is 7.79. The highest BCUT2D eigenvalue weighted by Gasteiger charge is 2.29. The fourth-order valence-corrected chi connectivity index (χ4v) is 3.34. The number of methoxy groups -OCH3 is 1. The van der Waals surface area contributed by atoms with Crippen molar-refractivity contribution in [3.8, 4) is 5.75 Å². The van der Waals surface area contributed by atoms with Gasteiger partial charge in [0.15, 0.2) is 5.78 Å². The summed E-state index contributed by atoms with van der Waals surface area (Å²) in [6.07, 6.45) is 1.95. The number of ketones is 1. The first-order valence-corrected chi connectivity index (χ1v) is 7.79. The van der Waals surface area contributed by atoms with Crippen LogP contribution in [0, 0.1) is 5.92 Å². The van der Waals surface area contributed by atoms with Crippen molar-refractivity contribution in [1.29, 1.82) is 0 Å². The van der Waals surface area contributed by atoms with Gasteiger partial charge in [-0.05, 0) is 43.7 Å². The van der Waals surface area contributed by atoms with E-state index in [0.717, 1.165) is 62.4 Å². The highest BCUT2D eigenvalue weighted by Crippen LogP contribution is 2.29. The van der Waals surface area contributed by atoms with E-state index in [1.54, 1.807) is 7.11 Å². The number of nitrogens with zero attached hydrogens (tertiary/aromatic N) is 2. The molecule has 1 heterocycles. The van der Waals surface area contributed by atoms with Gasteiger partial charge in [-0.25, -0.2) is 0 Å². The van der Waals surface area contributed by atoms with Gasteiger partial charge < -0.3 is 14.5 Å². The normalized spacial score (nSPS) is 23.9. The lowest BCUT2D eigenvalue weighted by molar-refractivity contribution is 0.0812. The summed E-state index contributed by atoms with van der Waals surface area (Å²) in [4.78, 5) is 17.5. The largest absolute Gasteiger partial charge is 0.497 e. The van der Waals surface area contributed by atoms with Gasteiger partial charge in [0, 0.05) is 44.2 Å². The van der Waals surface area contributed by atoms with Gasteiger partial charge in [-0.1, -0.05) is 0 Å². The summed E-state index contributed by atoms with van der Waals surface area (Å²) in [6, 6.07) is 5.85. The summed E-state index contributed by atoms with van der Waals surface area (Å²) >= 11 is 0. The molecular weight excluding hydrogens is 264 g/mol. The van der Waals surface area contributed by atoms with Gasteiger partial charge in [0.05, 0.1) is 7.11 Å². The van der Waals surface area contributed by atoms with Crippen molar-refractivity contribution in [3.05, 3.63) is 29.3 Å². The van der Waals surface area contributed by atoms with Crippen LogP contribution >= 0.6 is 0 Å². The molecule has 2 aliphatic rings. The van der Waals surface area contributed by atoms with Crippen LogP contribution in [0.4, 0.5) is 0 Å². The van der Waals surface area contributed by atoms with Crippen LogP contribution in [0.2, 0.25) is 0 Å².